The van der Waals surface area contributed by atoms with Crippen LogP contribution in [0, 0.1) is 11.8 Å². The molecule has 0 radical (unpaired) electrons. The van der Waals surface area contributed by atoms with Crippen LogP contribution in [0.2, 0.25) is 0 Å². The van der Waals surface area contributed by atoms with E-state index in [1.807, 2.05) is 0 Å². The summed E-state index contributed by atoms with van der Waals surface area (Å²) in [6.45, 7) is 0. The molecule has 0 heterocycles. The molecule has 0 saturated heterocycles. The number of allylic oxidation sites excluding steroid dienone is 4. The van der Waals surface area contributed by atoms with E-state index >= 15 is 0 Å². The highest BCUT2D eigenvalue weighted by Crippen LogP contribution is 2.47. The van der Waals surface area contributed by atoms with Crippen molar-refractivity contribution in [3.05, 3.63) is 282 Å². The van der Waals surface area contributed by atoms with E-state index in [1.165, 1.54) is 98.1 Å². The van der Waals surface area contributed by atoms with Gasteiger partial charge in [0.05, 0.1) is 5.69 Å². The molecular formula is C66H45N. The molecule has 2 atom stereocenters. The predicted molar refractivity (Wildman–Crippen MR) is 284 cm³/mol. The Morgan fingerprint density at radius 2 is 0.657 bits per heavy atom. The molecule has 314 valence electrons. The summed E-state index contributed by atoms with van der Waals surface area (Å²) in [5, 5.41) is 12.6. The van der Waals surface area contributed by atoms with Crippen LogP contribution >= 0.6 is 0 Å². The van der Waals surface area contributed by atoms with Gasteiger partial charge in [0.1, 0.15) is 0 Å². The van der Waals surface area contributed by atoms with E-state index in [9.17, 15) is 0 Å². The SMILES string of the molecule is C1=CC2C(c3ccccc3)=c3ccccc3=C(c3ccc(N(c4ccc(-c5c6ccccc6c(-c6ccccc6)c6ccccc56)cc4)c4cc5ccccc5c5ccccc45)cc3)C2C=C1. The van der Waals surface area contributed by atoms with Crippen LogP contribution in [0.15, 0.2) is 261 Å². The van der Waals surface area contributed by atoms with E-state index in [0.29, 0.717) is 0 Å². The van der Waals surface area contributed by atoms with Crippen LogP contribution < -0.4 is 15.3 Å². The molecule has 0 bridgehead atoms. The lowest BCUT2D eigenvalue weighted by Gasteiger charge is -2.33. The Hall–Kier alpha value is -8.52. The second kappa shape index (κ2) is 16.2. The first-order chi connectivity index (χ1) is 33.3. The van der Waals surface area contributed by atoms with Gasteiger partial charge in [-0.1, -0.05) is 231 Å². The summed E-state index contributed by atoms with van der Waals surface area (Å²) in [4.78, 5) is 2.46. The highest BCUT2D eigenvalue weighted by molar-refractivity contribution is 6.21. The third-order valence-electron chi connectivity index (χ3n) is 14.2. The molecule has 0 aromatic heterocycles. The van der Waals surface area contributed by atoms with Crippen molar-refractivity contribution in [2.24, 2.45) is 11.8 Å². The highest BCUT2D eigenvalue weighted by atomic mass is 15.1. The van der Waals surface area contributed by atoms with Crippen LogP contribution in [-0.2, 0) is 0 Å². The number of hydrogen-bond donors (Lipinski definition) is 0. The molecule has 0 spiro atoms. The smallest absolute Gasteiger partial charge is 0.0546 e. The van der Waals surface area contributed by atoms with Gasteiger partial charge in [0.25, 0.3) is 0 Å². The van der Waals surface area contributed by atoms with Crippen LogP contribution in [0.5, 0.6) is 0 Å². The Bertz CT molecular complexity index is 3840. The number of hydrogen-bond acceptors (Lipinski definition) is 1. The van der Waals surface area contributed by atoms with E-state index in [2.05, 4.69) is 266 Å². The van der Waals surface area contributed by atoms with Crippen molar-refractivity contribution in [2.75, 3.05) is 4.90 Å². The van der Waals surface area contributed by atoms with E-state index in [0.717, 1.165) is 17.1 Å². The molecule has 0 N–H and O–H groups in total. The van der Waals surface area contributed by atoms with Gasteiger partial charge in [-0.15, -0.1) is 0 Å². The number of rotatable bonds is 7. The lowest BCUT2D eigenvalue weighted by molar-refractivity contribution is 0.686. The normalized spacial score (nSPS) is 15.3. The fraction of sp³-hybridized carbons (Fsp3) is 0.0303. The maximum Gasteiger partial charge on any atom is 0.0546 e. The topological polar surface area (TPSA) is 3.24 Å². The monoisotopic (exact) mass is 851 g/mol. The van der Waals surface area contributed by atoms with E-state index in [1.54, 1.807) is 0 Å². The molecule has 2 aliphatic carbocycles. The van der Waals surface area contributed by atoms with Crippen molar-refractivity contribution < 1.29 is 0 Å². The van der Waals surface area contributed by atoms with Gasteiger partial charge in [-0.3, -0.25) is 0 Å². The van der Waals surface area contributed by atoms with Crippen LogP contribution in [0.1, 0.15) is 11.1 Å². The van der Waals surface area contributed by atoms with Gasteiger partial charge in [0.15, 0.2) is 0 Å². The Morgan fingerprint density at radius 3 is 1.18 bits per heavy atom. The van der Waals surface area contributed by atoms with Gasteiger partial charge in [0.2, 0.25) is 0 Å². The van der Waals surface area contributed by atoms with Crippen LogP contribution in [-0.4, -0.2) is 0 Å². The number of nitrogens with zero attached hydrogens (tertiary/aromatic N) is 1. The maximum absolute atomic E-state index is 2.46. The van der Waals surface area contributed by atoms with Gasteiger partial charge in [-0.05, 0) is 123 Å². The van der Waals surface area contributed by atoms with Crippen molar-refractivity contribution in [3.63, 3.8) is 0 Å². The predicted octanol–water partition coefficient (Wildman–Crippen LogP) is 15.9. The minimum atomic E-state index is 0.211. The molecular weight excluding hydrogens is 807 g/mol. The molecule has 13 rings (SSSR count). The summed E-state index contributed by atoms with van der Waals surface area (Å²) in [6.07, 6.45) is 9.26. The second-order valence-corrected chi connectivity index (χ2v) is 17.9. The second-order valence-electron chi connectivity index (χ2n) is 17.9. The minimum absolute atomic E-state index is 0.211. The molecule has 2 unspecified atom stereocenters. The average molecular weight is 852 g/mol. The summed E-state index contributed by atoms with van der Waals surface area (Å²) >= 11 is 0. The molecule has 67 heavy (non-hydrogen) atoms. The third kappa shape index (κ3) is 6.46. The molecule has 1 nitrogen and oxygen atoms in total. The Labute approximate surface area is 390 Å². The number of benzene rings is 11. The van der Waals surface area contributed by atoms with E-state index in [-0.39, 0.29) is 11.8 Å². The largest absolute Gasteiger partial charge is 0.310 e. The quantitative estimate of drug-likeness (QED) is 0.114. The van der Waals surface area contributed by atoms with Crippen molar-refractivity contribution in [2.45, 2.75) is 0 Å². The van der Waals surface area contributed by atoms with E-state index < -0.39 is 0 Å². The fourth-order valence-electron chi connectivity index (χ4n) is 11.4. The summed E-state index contributed by atoms with van der Waals surface area (Å²) in [5.41, 5.74) is 13.6. The Balaban J connectivity index is 0.998. The zero-order chi connectivity index (χ0) is 44.3. The third-order valence-corrected chi connectivity index (χ3v) is 14.2. The van der Waals surface area contributed by atoms with Gasteiger partial charge in [0, 0.05) is 28.6 Å². The maximum atomic E-state index is 2.46. The number of anilines is 3. The van der Waals surface area contributed by atoms with Crippen molar-refractivity contribution in [1.29, 1.82) is 0 Å². The molecule has 0 fully saturated rings. The Kier molecular flexibility index (Phi) is 9.39. The molecule has 11 aromatic rings. The molecule has 2 aliphatic rings. The first kappa shape index (κ1) is 38.9. The standard InChI is InChI=1S/C66H45N/c1-3-19-44(20-4-1)63-54-27-11-15-31-58(54)65(59-32-16-12-28-55(59)63)46-35-39-49(40-36-46)67(62-43-48-23-7-8-24-51(48)52-25-9-10-26-53(52)62)50-41-37-47(38-42-50)66-60-33-17-13-29-56(60)64(45-21-5-2-6-22-45)57-30-14-18-34-61(57)66/h1-43,54,58H. The molecule has 1 heteroatoms. The molecule has 0 amide bonds. The van der Waals surface area contributed by atoms with Crippen molar-refractivity contribution in [1.82, 2.24) is 0 Å². The number of fused-ring (bicyclic) bond motifs is 7. The zero-order valence-corrected chi connectivity index (χ0v) is 36.9. The van der Waals surface area contributed by atoms with Gasteiger partial charge in [-0.25, -0.2) is 0 Å². The first-order valence-corrected chi connectivity index (χ1v) is 23.4. The van der Waals surface area contributed by atoms with E-state index in [4.69, 9.17) is 0 Å². The van der Waals surface area contributed by atoms with Crippen LogP contribution in [0.4, 0.5) is 17.1 Å². The van der Waals surface area contributed by atoms with Gasteiger partial charge in [-0.2, -0.15) is 0 Å². The Morgan fingerprint density at radius 1 is 0.284 bits per heavy atom. The lowest BCUT2D eigenvalue weighted by atomic mass is 9.70. The first-order valence-electron chi connectivity index (χ1n) is 23.4. The van der Waals surface area contributed by atoms with Crippen LogP contribution in [0.3, 0.4) is 0 Å². The molecule has 0 saturated carbocycles. The lowest BCUT2D eigenvalue weighted by Crippen LogP contribution is -2.40. The van der Waals surface area contributed by atoms with Crippen LogP contribution in [0.25, 0.3) is 76.5 Å². The highest BCUT2D eigenvalue weighted by Gasteiger charge is 2.32. The van der Waals surface area contributed by atoms with Gasteiger partial charge < -0.3 is 4.90 Å². The summed E-state index contributed by atoms with van der Waals surface area (Å²) < 4.78 is 0. The fourth-order valence-corrected chi connectivity index (χ4v) is 11.4. The molecule has 0 aliphatic heterocycles. The minimum Gasteiger partial charge on any atom is -0.310 e. The zero-order valence-electron chi connectivity index (χ0n) is 36.9. The van der Waals surface area contributed by atoms with Gasteiger partial charge >= 0.3 is 0 Å². The van der Waals surface area contributed by atoms with Crippen molar-refractivity contribution >= 4 is 71.3 Å². The summed E-state index contributed by atoms with van der Waals surface area (Å²) in [7, 11) is 0. The van der Waals surface area contributed by atoms with Crippen molar-refractivity contribution in [3.8, 4) is 22.3 Å². The molecule has 11 aromatic carbocycles. The summed E-state index contributed by atoms with van der Waals surface area (Å²) in [6, 6.07) is 87.3. The summed E-state index contributed by atoms with van der Waals surface area (Å²) in [5.74, 6) is 0.447. The average Bonchev–Trinajstić information content (AvgIpc) is 3.40.